The first-order chi connectivity index (χ1) is 12.8. The second-order valence-electron chi connectivity index (χ2n) is 6.35. The maximum Gasteiger partial charge on any atom is 0.240 e. The van der Waals surface area contributed by atoms with Crippen LogP contribution in [-0.2, 0) is 20.0 Å². The number of nitrogens with one attached hydrogen (secondary N) is 1. The average molecular weight is 420 g/mol. The van der Waals surface area contributed by atoms with E-state index in [2.05, 4.69) is 9.62 Å². The standard InChI is InChI=1S/C16H25N3O6S2/c1-2-18-6-8-19(9-7-18)26(20,21)12-5-17-27(22,23)14-3-4-15-16(13-14)25-11-10-24-15/h3-4,13,17H,2,5-12H2,1H3. The van der Waals surface area contributed by atoms with Gasteiger partial charge >= 0.3 is 0 Å². The summed E-state index contributed by atoms with van der Waals surface area (Å²) in [7, 11) is -7.34. The van der Waals surface area contributed by atoms with E-state index < -0.39 is 20.0 Å². The topological polar surface area (TPSA) is 105 Å². The highest BCUT2D eigenvalue weighted by Gasteiger charge is 2.27. The van der Waals surface area contributed by atoms with Crippen LogP contribution in [0.4, 0.5) is 0 Å². The van der Waals surface area contributed by atoms with Crippen LogP contribution < -0.4 is 14.2 Å². The zero-order valence-electron chi connectivity index (χ0n) is 15.3. The van der Waals surface area contributed by atoms with Crippen molar-refractivity contribution in [2.75, 3.05) is 58.2 Å². The number of hydrogen-bond acceptors (Lipinski definition) is 7. The molecule has 1 N–H and O–H groups in total. The van der Waals surface area contributed by atoms with Gasteiger partial charge in [-0.05, 0) is 18.7 Å². The number of piperazine rings is 1. The molecule has 0 saturated carbocycles. The van der Waals surface area contributed by atoms with Crippen LogP contribution in [0.1, 0.15) is 6.92 Å². The Kier molecular flexibility index (Phi) is 6.26. The fraction of sp³-hybridized carbons (Fsp3) is 0.625. The first-order valence-electron chi connectivity index (χ1n) is 8.91. The number of rotatable bonds is 7. The minimum Gasteiger partial charge on any atom is -0.486 e. The van der Waals surface area contributed by atoms with Crippen LogP contribution in [0.5, 0.6) is 11.5 Å². The fourth-order valence-corrected chi connectivity index (χ4v) is 5.55. The molecule has 2 aliphatic rings. The fourth-order valence-electron chi connectivity index (χ4n) is 3.03. The Balaban J connectivity index is 1.57. The van der Waals surface area contributed by atoms with Crippen LogP contribution in [-0.4, -0.2) is 84.3 Å². The molecule has 0 aromatic heterocycles. The van der Waals surface area contributed by atoms with E-state index in [1.54, 1.807) is 0 Å². The molecule has 9 nitrogen and oxygen atoms in total. The minimum absolute atomic E-state index is 0.0145. The van der Waals surface area contributed by atoms with E-state index in [0.29, 0.717) is 50.9 Å². The van der Waals surface area contributed by atoms with Crippen molar-refractivity contribution in [1.29, 1.82) is 0 Å². The minimum atomic E-state index is -3.84. The van der Waals surface area contributed by atoms with Crippen LogP contribution in [0.2, 0.25) is 0 Å². The summed E-state index contributed by atoms with van der Waals surface area (Å²) in [6.07, 6.45) is 0. The average Bonchev–Trinajstić information content (AvgIpc) is 2.67. The zero-order chi connectivity index (χ0) is 19.5. The van der Waals surface area contributed by atoms with Gasteiger partial charge in [0.05, 0.1) is 10.6 Å². The Morgan fingerprint density at radius 3 is 2.33 bits per heavy atom. The number of sulfonamides is 2. The molecule has 27 heavy (non-hydrogen) atoms. The molecule has 1 saturated heterocycles. The number of likely N-dealkylation sites (N-methyl/N-ethyl adjacent to an activating group) is 1. The molecule has 0 bridgehead atoms. The highest BCUT2D eigenvalue weighted by molar-refractivity contribution is 7.90. The van der Waals surface area contributed by atoms with E-state index >= 15 is 0 Å². The molecule has 0 atom stereocenters. The largest absolute Gasteiger partial charge is 0.486 e. The molecular weight excluding hydrogens is 394 g/mol. The third-order valence-corrected chi connectivity index (χ3v) is 7.98. The predicted octanol–water partition coefficient (Wildman–Crippen LogP) is -0.297. The van der Waals surface area contributed by atoms with Crippen molar-refractivity contribution in [3.8, 4) is 11.5 Å². The zero-order valence-corrected chi connectivity index (χ0v) is 16.9. The summed E-state index contributed by atoms with van der Waals surface area (Å²) in [5.74, 6) is 0.586. The van der Waals surface area contributed by atoms with E-state index in [0.717, 1.165) is 6.54 Å². The number of fused-ring (bicyclic) bond motifs is 1. The van der Waals surface area contributed by atoms with Gasteiger partial charge in [-0.1, -0.05) is 6.92 Å². The van der Waals surface area contributed by atoms with Crippen molar-refractivity contribution in [2.45, 2.75) is 11.8 Å². The van der Waals surface area contributed by atoms with Gasteiger partial charge in [-0.25, -0.2) is 21.6 Å². The highest BCUT2D eigenvalue weighted by Crippen LogP contribution is 2.32. The van der Waals surface area contributed by atoms with E-state index in [-0.39, 0.29) is 17.2 Å². The third kappa shape index (κ3) is 4.91. The Hall–Kier alpha value is -1.40. The van der Waals surface area contributed by atoms with Crippen LogP contribution in [0.15, 0.2) is 23.1 Å². The van der Waals surface area contributed by atoms with Crippen LogP contribution >= 0.6 is 0 Å². The van der Waals surface area contributed by atoms with Gasteiger partial charge < -0.3 is 14.4 Å². The summed E-state index contributed by atoms with van der Waals surface area (Å²) in [6, 6.07) is 4.33. The monoisotopic (exact) mass is 419 g/mol. The highest BCUT2D eigenvalue weighted by atomic mass is 32.2. The van der Waals surface area contributed by atoms with Gasteiger partial charge in [0, 0.05) is 38.8 Å². The van der Waals surface area contributed by atoms with Gasteiger partial charge in [-0.3, -0.25) is 0 Å². The predicted molar refractivity (Wildman–Crippen MR) is 100 cm³/mol. The van der Waals surface area contributed by atoms with Crippen LogP contribution in [0, 0.1) is 0 Å². The summed E-state index contributed by atoms with van der Waals surface area (Å²) in [4.78, 5) is 2.19. The van der Waals surface area contributed by atoms with E-state index in [1.165, 1.54) is 22.5 Å². The molecule has 3 rings (SSSR count). The normalized spacial score (nSPS) is 19.1. The number of nitrogens with zero attached hydrogens (tertiary/aromatic N) is 2. The van der Waals surface area contributed by atoms with Gasteiger partial charge in [-0.2, -0.15) is 4.31 Å². The summed E-state index contributed by atoms with van der Waals surface area (Å²) in [5, 5.41) is 0. The molecule has 0 aliphatic carbocycles. The van der Waals surface area contributed by atoms with Crippen LogP contribution in [0.25, 0.3) is 0 Å². The van der Waals surface area contributed by atoms with Crippen molar-refractivity contribution >= 4 is 20.0 Å². The maximum absolute atomic E-state index is 12.4. The second kappa shape index (κ2) is 8.31. The molecule has 2 aliphatic heterocycles. The lowest BCUT2D eigenvalue weighted by molar-refractivity contribution is 0.171. The molecule has 0 amide bonds. The Morgan fingerprint density at radius 2 is 1.67 bits per heavy atom. The van der Waals surface area contributed by atoms with Gasteiger partial charge in [0.1, 0.15) is 13.2 Å². The molecule has 0 radical (unpaired) electrons. The Morgan fingerprint density at radius 1 is 1.00 bits per heavy atom. The molecular formula is C16H25N3O6S2. The SMILES string of the molecule is CCN1CCN(S(=O)(=O)CCNS(=O)(=O)c2ccc3c(c2)OCCO3)CC1. The molecule has 2 heterocycles. The van der Waals surface area contributed by atoms with Gasteiger partial charge in [-0.15, -0.1) is 0 Å². The second-order valence-corrected chi connectivity index (χ2v) is 10.2. The summed E-state index contributed by atoms with van der Waals surface area (Å²) in [6.45, 7) is 5.77. The number of hydrogen-bond donors (Lipinski definition) is 1. The van der Waals surface area contributed by atoms with Gasteiger partial charge in [0.15, 0.2) is 11.5 Å². The third-order valence-electron chi connectivity index (χ3n) is 4.65. The Bertz CT molecular complexity index is 864. The van der Waals surface area contributed by atoms with Gasteiger partial charge in [0.25, 0.3) is 0 Å². The van der Waals surface area contributed by atoms with Crippen molar-refractivity contribution in [3.05, 3.63) is 18.2 Å². The lowest BCUT2D eigenvalue weighted by atomic mass is 10.3. The van der Waals surface area contributed by atoms with Crippen molar-refractivity contribution in [3.63, 3.8) is 0 Å². The molecule has 1 aromatic carbocycles. The molecule has 0 unspecified atom stereocenters. The van der Waals surface area contributed by atoms with E-state index in [1.807, 2.05) is 6.92 Å². The molecule has 1 fully saturated rings. The molecule has 1 aromatic rings. The summed E-state index contributed by atoms with van der Waals surface area (Å²) >= 11 is 0. The Labute approximate surface area is 160 Å². The molecule has 152 valence electrons. The first-order valence-corrected chi connectivity index (χ1v) is 12.0. The molecule has 0 spiro atoms. The van der Waals surface area contributed by atoms with Crippen LogP contribution in [0.3, 0.4) is 0 Å². The van der Waals surface area contributed by atoms with Crippen molar-refractivity contribution in [1.82, 2.24) is 13.9 Å². The summed E-state index contributed by atoms with van der Waals surface area (Å²) < 4.78 is 64.3. The number of ether oxygens (including phenoxy) is 2. The van der Waals surface area contributed by atoms with Gasteiger partial charge in [0.2, 0.25) is 20.0 Å². The lowest BCUT2D eigenvalue weighted by Crippen LogP contribution is -2.49. The first kappa shape index (κ1) is 20.3. The van der Waals surface area contributed by atoms with Crippen molar-refractivity contribution < 1.29 is 26.3 Å². The lowest BCUT2D eigenvalue weighted by Gasteiger charge is -2.33. The van der Waals surface area contributed by atoms with Crippen molar-refractivity contribution in [2.24, 2.45) is 0 Å². The quantitative estimate of drug-likeness (QED) is 0.647. The van der Waals surface area contributed by atoms with E-state index in [9.17, 15) is 16.8 Å². The maximum atomic E-state index is 12.4. The van der Waals surface area contributed by atoms with E-state index in [4.69, 9.17) is 9.47 Å². The summed E-state index contributed by atoms with van der Waals surface area (Å²) in [5.41, 5.74) is 0. The smallest absolute Gasteiger partial charge is 0.240 e. The number of benzene rings is 1. The molecule has 11 heteroatoms.